The fourth-order valence-electron chi connectivity index (χ4n) is 2.82. The molecule has 3 aromatic rings. The maximum atomic E-state index is 11.7. The molecule has 0 fully saturated rings. The summed E-state index contributed by atoms with van der Waals surface area (Å²) in [5.74, 6) is 0. The van der Waals surface area contributed by atoms with Crippen LogP contribution in [0.25, 0.3) is 10.8 Å². The highest BCUT2D eigenvalue weighted by atomic mass is 16.5. The highest BCUT2D eigenvalue weighted by Gasteiger charge is 2.21. The van der Waals surface area contributed by atoms with Gasteiger partial charge in [-0.05, 0) is 23.4 Å². The lowest BCUT2D eigenvalue weighted by molar-refractivity contribution is 0.0121. The molecule has 0 aliphatic carbocycles. The molecular formula is C21H22N2O4. The number of rotatable bonds is 7. The van der Waals surface area contributed by atoms with Crippen molar-refractivity contribution in [3.8, 4) is 0 Å². The van der Waals surface area contributed by atoms with Crippen LogP contribution in [-0.2, 0) is 11.3 Å². The summed E-state index contributed by atoms with van der Waals surface area (Å²) < 4.78 is 5.11. The zero-order valence-corrected chi connectivity index (χ0v) is 14.8. The van der Waals surface area contributed by atoms with E-state index in [-0.39, 0.29) is 19.6 Å². The van der Waals surface area contributed by atoms with Crippen molar-refractivity contribution in [1.29, 1.82) is 0 Å². The first-order valence-electron chi connectivity index (χ1n) is 8.79. The summed E-state index contributed by atoms with van der Waals surface area (Å²) in [5.41, 5.74) is 1.32. The second kappa shape index (κ2) is 9.12. The molecule has 2 unspecified atom stereocenters. The van der Waals surface area contributed by atoms with Crippen LogP contribution in [0.1, 0.15) is 23.8 Å². The summed E-state index contributed by atoms with van der Waals surface area (Å²) in [5, 5.41) is 25.0. The van der Waals surface area contributed by atoms with E-state index in [2.05, 4.69) is 10.3 Å². The molecule has 0 radical (unpaired) electrons. The lowest BCUT2D eigenvalue weighted by Gasteiger charge is -2.19. The molecule has 1 amide bonds. The van der Waals surface area contributed by atoms with Crippen LogP contribution in [0.3, 0.4) is 0 Å². The minimum absolute atomic E-state index is 0.173. The smallest absolute Gasteiger partial charge is 0.407 e. The van der Waals surface area contributed by atoms with Gasteiger partial charge in [-0.15, -0.1) is 0 Å². The number of fused-ring (bicyclic) bond motifs is 1. The minimum Gasteiger partial charge on any atom is -0.445 e. The van der Waals surface area contributed by atoms with E-state index in [9.17, 15) is 15.0 Å². The quantitative estimate of drug-likeness (QED) is 0.598. The van der Waals surface area contributed by atoms with Gasteiger partial charge in [-0.25, -0.2) is 4.79 Å². The van der Waals surface area contributed by atoms with E-state index in [4.69, 9.17) is 4.74 Å². The number of nitrogens with one attached hydrogen (secondary N) is 1. The van der Waals surface area contributed by atoms with Gasteiger partial charge >= 0.3 is 6.09 Å². The predicted octanol–water partition coefficient (Wildman–Crippen LogP) is 2.95. The zero-order valence-electron chi connectivity index (χ0n) is 14.8. The van der Waals surface area contributed by atoms with E-state index in [1.165, 1.54) is 0 Å². The highest BCUT2D eigenvalue weighted by molar-refractivity contribution is 5.84. The molecule has 2 atom stereocenters. The zero-order chi connectivity index (χ0) is 19.1. The van der Waals surface area contributed by atoms with Crippen molar-refractivity contribution in [2.45, 2.75) is 25.2 Å². The number of ether oxygens (including phenoxy) is 1. The molecule has 0 aliphatic heterocycles. The number of alkyl carbamates (subject to hydrolysis) is 1. The molecule has 6 heteroatoms. The van der Waals surface area contributed by atoms with Crippen LogP contribution in [0.15, 0.2) is 66.9 Å². The number of aliphatic hydroxyl groups excluding tert-OH is 2. The molecule has 27 heavy (non-hydrogen) atoms. The fourth-order valence-corrected chi connectivity index (χ4v) is 2.82. The number of hydrogen-bond acceptors (Lipinski definition) is 5. The van der Waals surface area contributed by atoms with Crippen molar-refractivity contribution in [2.75, 3.05) is 6.54 Å². The van der Waals surface area contributed by atoms with Crippen molar-refractivity contribution in [3.05, 3.63) is 78.1 Å². The van der Waals surface area contributed by atoms with Crippen LogP contribution in [0.4, 0.5) is 4.79 Å². The Hall–Kier alpha value is -2.96. The highest BCUT2D eigenvalue weighted by Crippen LogP contribution is 2.25. The summed E-state index contributed by atoms with van der Waals surface area (Å²) >= 11 is 0. The fraction of sp³-hybridized carbons (Fsp3) is 0.238. The first-order chi connectivity index (χ1) is 13.1. The molecule has 6 nitrogen and oxygen atoms in total. The van der Waals surface area contributed by atoms with Gasteiger partial charge in [-0.1, -0.05) is 54.6 Å². The summed E-state index contributed by atoms with van der Waals surface area (Å²) in [6, 6.07) is 18.7. The van der Waals surface area contributed by atoms with Gasteiger partial charge in [0.1, 0.15) is 12.7 Å². The Morgan fingerprint density at radius 2 is 1.78 bits per heavy atom. The van der Waals surface area contributed by atoms with Crippen LogP contribution >= 0.6 is 0 Å². The van der Waals surface area contributed by atoms with Crippen molar-refractivity contribution in [3.63, 3.8) is 0 Å². The van der Waals surface area contributed by atoms with E-state index in [1.54, 1.807) is 6.20 Å². The Morgan fingerprint density at radius 3 is 2.59 bits per heavy atom. The second-order valence-corrected chi connectivity index (χ2v) is 6.21. The van der Waals surface area contributed by atoms with Gasteiger partial charge in [0.15, 0.2) is 0 Å². The molecular weight excluding hydrogens is 344 g/mol. The third-order valence-corrected chi connectivity index (χ3v) is 4.27. The molecule has 0 spiro atoms. The first-order valence-corrected chi connectivity index (χ1v) is 8.79. The average molecular weight is 366 g/mol. The van der Waals surface area contributed by atoms with Crippen molar-refractivity contribution < 1.29 is 19.7 Å². The number of aliphatic hydroxyl groups is 2. The maximum absolute atomic E-state index is 11.7. The summed E-state index contributed by atoms with van der Waals surface area (Å²) in [6.07, 6.45) is -0.987. The molecule has 0 aliphatic rings. The van der Waals surface area contributed by atoms with E-state index >= 15 is 0 Å². The number of pyridine rings is 1. The topological polar surface area (TPSA) is 91.7 Å². The van der Waals surface area contributed by atoms with Crippen molar-refractivity contribution >= 4 is 16.9 Å². The monoisotopic (exact) mass is 366 g/mol. The van der Waals surface area contributed by atoms with E-state index < -0.39 is 18.3 Å². The normalized spacial score (nSPS) is 13.1. The lowest BCUT2D eigenvalue weighted by Crippen LogP contribution is -2.30. The number of nitrogens with zero attached hydrogens (tertiary/aromatic N) is 1. The van der Waals surface area contributed by atoms with Gasteiger partial charge in [0.25, 0.3) is 0 Å². The average Bonchev–Trinajstić information content (AvgIpc) is 2.72. The molecule has 1 heterocycles. The largest absolute Gasteiger partial charge is 0.445 e. The summed E-state index contributed by atoms with van der Waals surface area (Å²) in [6.45, 7) is 0.356. The SMILES string of the molecule is O=C(NCCC(O)C(O)c1nccc2ccccc12)OCc1ccccc1. The predicted molar refractivity (Wildman–Crippen MR) is 102 cm³/mol. The van der Waals surface area contributed by atoms with Crippen molar-refractivity contribution in [2.24, 2.45) is 0 Å². The maximum Gasteiger partial charge on any atom is 0.407 e. The molecule has 3 rings (SSSR count). The minimum atomic E-state index is -1.14. The van der Waals surface area contributed by atoms with Gasteiger partial charge in [0, 0.05) is 18.1 Å². The third kappa shape index (κ3) is 5.03. The van der Waals surface area contributed by atoms with Gasteiger partial charge in [-0.3, -0.25) is 4.98 Å². The lowest BCUT2D eigenvalue weighted by atomic mass is 10.0. The van der Waals surface area contributed by atoms with Crippen molar-refractivity contribution in [1.82, 2.24) is 10.3 Å². The molecule has 1 aromatic heterocycles. The molecule has 0 saturated heterocycles. The Balaban J connectivity index is 1.48. The molecule has 3 N–H and O–H groups in total. The van der Waals surface area contributed by atoms with Gasteiger partial charge in [0.2, 0.25) is 0 Å². The molecule has 140 valence electrons. The first kappa shape index (κ1) is 18.8. The summed E-state index contributed by atoms with van der Waals surface area (Å²) in [7, 11) is 0. The third-order valence-electron chi connectivity index (χ3n) is 4.27. The molecule has 2 aromatic carbocycles. The number of carbonyl (C=O) groups is 1. The Bertz CT molecular complexity index is 880. The van der Waals surface area contributed by atoms with Crippen LogP contribution < -0.4 is 5.32 Å². The number of carbonyl (C=O) groups excluding carboxylic acids is 1. The number of hydrogen-bond donors (Lipinski definition) is 3. The van der Waals surface area contributed by atoms with Crippen LogP contribution in [0.2, 0.25) is 0 Å². The van der Waals surface area contributed by atoms with Crippen LogP contribution in [-0.4, -0.2) is 33.9 Å². The van der Waals surface area contributed by atoms with E-state index in [1.807, 2.05) is 60.7 Å². The summed E-state index contributed by atoms with van der Waals surface area (Å²) in [4.78, 5) is 15.9. The Morgan fingerprint density at radius 1 is 1.04 bits per heavy atom. The number of benzene rings is 2. The molecule has 0 bridgehead atoms. The number of amides is 1. The van der Waals surface area contributed by atoms with E-state index in [0.29, 0.717) is 5.69 Å². The molecule has 0 saturated carbocycles. The van der Waals surface area contributed by atoms with Gasteiger partial charge in [-0.2, -0.15) is 0 Å². The number of aromatic nitrogens is 1. The van der Waals surface area contributed by atoms with Crippen LogP contribution in [0.5, 0.6) is 0 Å². The second-order valence-electron chi connectivity index (χ2n) is 6.21. The van der Waals surface area contributed by atoms with Gasteiger partial charge < -0.3 is 20.3 Å². The van der Waals surface area contributed by atoms with Gasteiger partial charge in [0.05, 0.1) is 11.8 Å². The van der Waals surface area contributed by atoms with Crippen LogP contribution in [0, 0.1) is 0 Å². The Kier molecular flexibility index (Phi) is 6.35. The Labute approximate surface area is 157 Å². The standard InChI is InChI=1S/C21H22N2O4/c24-18(11-13-23-21(26)27-14-15-6-2-1-3-7-15)20(25)19-17-9-5-4-8-16(17)10-12-22-19/h1-10,12,18,20,24-25H,11,13-14H2,(H,23,26). The van der Waals surface area contributed by atoms with E-state index in [0.717, 1.165) is 16.3 Å².